The summed E-state index contributed by atoms with van der Waals surface area (Å²) in [5.74, 6) is 1.38. The molecule has 0 saturated carbocycles. The standard InChI is InChI=1S/C24H19N4O6/c1-31-19-11-7-17(8-12-19)27-21(23(29)33-25-27)15-3-5-16(6-4-15)22-24(30)34-26-28(22)18-9-13-20(32-2)14-10-18/h3-14,25H,1-2H3/q+1/p+1. The quantitative estimate of drug-likeness (QED) is 0.375. The van der Waals surface area contributed by atoms with Crippen LogP contribution in [0.15, 0.2) is 91.4 Å². The van der Waals surface area contributed by atoms with Crippen LogP contribution >= 0.6 is 0 Å². The predicted octanol–water partition coefficient (Wildman–Crippen LogP) is 2.15. The van der Waals surface area contributed by atoms with Crippen molar-refractivity contribution in [1.82, 2.24) is 10.5 Å². The summed E-state index contributed by atoms with van der Waals surface area (Å²) in [5.41, 5.74) is 2.14. The highest BCUT2D eigenvalue weighted by atomic mass is 16.5. The fourth-order valence-electron chi connectivity index (χ4n) is 3.65. The molecule has 0 radical (unpaired) electrons. The second-order valence-electron chi connectivity index (χ2n) is 7.30. The van der Waals surface area contributed by atoms with Crippen LogP contribution in [-0.2, 0) is 0 Å². The smallest absolute Gasteiger partial charge is 0.435 e. The van der Waals surface area contributed by atoms with E-state index in [9.17, 15) is 9.59 Å². The third-order valence-electron chi connectivity index (χ3n) is 5.39. The zero-order valence-electron chi connectivity index (χ0n) is 18.3. The molecule has 10 nitrogen and oxygen atoms in total. The molecule has 0 fully saturated rings. The maximum Gasteiger partial charge on any atom is 0.435 e. The Bertz CT molecular complexity index is 1420. The minimum absolute atomic E-state index is 0.306. The van der Waals surface area contributed by atoms with E-state index in [0.29, 0.717) is 45.4 Å². The van der Waals surface area contributed by atoms with Crippen LogP contribution in [0.4, 0.5) is 0 Å². The summed E-state index contributed by atoms with van der Waals surface area (Å²) in [7, 11) is 3.16. The van der Waals surface area contributed by atoms with Gasteiger partial charge in [-0.1, -0.05) is 0 Å². The highest BCUT2D eigenvalue weighted by Gasteiger charge is 2.28. The lowest BCUT2D eigenvalue weighted by Gasteiger charge is -2.00. The van der Waals surface area contributed by atoms with Gasteiger partial charge in [-0.2, -0.15) is 0 Å². The summed E-state index contributed by atoms with van der Waals surface area (Å²) in [5, 5.41) is 5.24. The Hall–Kier alpha value is -4.86. The topological polar surface area (TPSA) is 118 Å². The maximum absolute atomic E-state index is 12.5. The maximum atomic E-state index is 12.5. The van der Waals surface area contributed by atoms with Gasteiger partial charge in [-0.3, -0.25) is 9.05 Å². The molecule has 0 spiro atoms. The highest BCUT2D eigenvalue weighted by Crippen LogP contribution is 2.21. The third kappa shape index (κ3) is 3.66. The van der Waals surface area contributed by atoms with Gasteiger partial charge in [-0.15, -0.1) is 0 Å². The molecule has 0 saturated heterocycles. The number of hydrogen-bond acceptors (Lipinski definition) is 6. The van der Waals surface area contributed by atoms with Gasteiger partial charge in [0, 0.05) is 24.3 Å². The number of H-pyrrole nitrogens is 2. The van der Waals surface area contributed by atoms with Gasteiger partial charge >= 0.3 is 22.6 Å². The van der Waals surface area contributed by atoms with Gasteiger partial charge in [-0.05, 0) is 68.4 Å². The molecule has 0 aliphatic heterocycles. The minimum atomic E-state index is -0.530. The van der Waals surface area contributed by atoms with Crippen molar-refractivity contribution >= 4 is 0 Å². The van der Waals surface area contributed by atoms with Gasteiger partial charge in [-0.25, -0.2) is 9.59 Å². The molecule has 170 valence electrons. The third-order valence-corrected chi connectivity index (χ3v) is 5.39. The lowest BCUT2D eigenvalue weighted by Crippen LogP contribution is -2.36. The van der Waals surface area contributed by atoms with E-state index in [1.54, 1.807) is 96.4 Å². The van der Waals surface area contributed by atoms with Gasteiger partial charge < -0.3 is 9.47 Å². The Morgan fingerprint density at radius 3 is 1.26 bits per heavy atom. The fraction of sp³-hybridized carbons (Fsp3) is 0.0833. The molecule has 5 aromatic rings. The Labute approximate surface area is 192 Å². The van der Waals surface area contributed by atoms with Crippen molar-refractivity contribution in [2.75, 3.05) is 14.2 Å². The van der Waals surface area contributed by atoms with E-state index in [4.69, 9.17) is 18.5 Å². The first-order valence-corrected chi connectivity index (χ1v) is 10.3. The molecular weight excluding hydrogens is 440 g/mol. The molecule has 2 heterocycles. The zero-order chi connectivity index (χ0) is 23.7. The molecule has 10 heteroatoms. The van der Waals surface area contributed by atoms with Crippen molar-refractivity contribution in [2.24, 2.45) is 0 Å². The molecule has 2 aromatic heterocycles. The van der Waals surface area contributed by atoms with Crippen LogP contribution in [0, 0.1) is 0 Å². The van der Waals surface area contributed by atoms with E-state index in [2.05, 4.69) is 10.5 Å². The van der Waals surface area contributed by atoms with Crippen LogP contribution in [-0.4, -0.2) is 24.8 Å². The zero-order valence-corrected chi connectivity index (χ0v) is 18.3. The Morgan fingerprint density at radius 1 is 0.588 bits per heavy atom. The summed E-state index contributed by atoms with van der Waals surface area (Å²) in [6.45, 7) is 0. The van der Waals surface area contributed by atoms with Crippen molar-refractivity contribution in [3.8, 4) is 45.4 Å². The second-order valence-corrected chi connectivity index (χ2v) is 7.30. The lowest BCUT2D eigenvalue weighted by atomic mass is 10.1. The van der Waals surface area contributed by atoms with Crippen LogP contribution in [0.3, 0.4) is 0 Å². The number of nitrogens with one attached hydrogen (secondary N) is 2. The second kappa shape index (κ2) is 8.58. The summed E-state index contributed by atoms with van der Waals surface area (Å²) >= 11 is 0. The first-order chi connectivity index (χ1) is 16.6. The van der Waals surface area contributed by atoms with E-state index in [1.165, 1.54) is 0 Å². The van der Waals surface area contributed by atoms with E-state index in [1.807, 2.05) is 0 Å². The van der Waals surface area contributed by atoms with Gasteiger partial charge in [0.2, 0.25) is 11.4 Å². The van der Waals surface area contributed by atoms with E-state index < -0.39 is 11.3 Å². The Kier molecular flexibility index (Phi) is 5.30. The predicted molar refractivity (Wildman–Crippen MR) is 119 cm³/mol. The number of nitrogens with zero attached hydrogens (tertiary/aromatic N) is 2. The summed E-state index contributed by atoms with van der Waals surface area (Å²) < 4.78 is 23.5. The van der Waals surface area contributed by atoms with Crippen LogP contribution < -0.4 is 30.1 Å². The van der Waals surface area contributed by atoms with Crippen LogP contribution in [0.1, 0.15) is 0 Å². The van der Waals surface area contributed by atoms with E-state index >= 15 is 0 Å². The molecule has 34 heavy (non-hydrogen) atoms. The van der Waals surface area contributed by atoms with Crippen LogP contribution in [0.2, 0.25) is 0 Å². The largest absolute Gasteiger partial charge is 0.497 e. The van der Waals surface area contributed by atoms with Crippen molar-refractivity contribution in [2.45, 2.75) is 0 Å². The van der Waals surface area contributed by atoms with Crippen LogP contribution in [0.5, 0.6) is 11.5 Å². The molecule has 0 bridgehead atoms. The van der Waals surface area contributed by atoms with Crippen LogP contribution in [0.25, 0.3) is 33.9 Å². The Balaban J connectivity index is 1.53. The van der Waals surface area contributed by atoms with Crippen molar-refractivity contribution < 1.29 is 27.9 Å². The van der Waals surface area contributed by atoms with Crippen molar-refractivity contribution in [3.63, 3.8) is 0 Å². The molecule has 0 amide bonds. The molecule has 3 aromatic carbocycles. The fourth-order valence-corrected chi connectivity index (χ4v) is 3.65. The molecule has 0 unspecified atom stereocenters. The van der Waals surface area contributed by atoms with Gasteiger partial charge in [0.15, 0.2) is 0 Å². The number of methoxy groups -OCH3 is 2. The SMILES string of the molecule is COc1ccc(-[n+]2[nH]oc(=O)c2-c2ccc(-c3c(=O)o[nH][n+]3-c3ccc(OC)cc3)cc2)cc1. The number of aromatic nitrogens is 4. The molecular formula is C24H20N4O6+2. The molecule has 0 aliphatic carbocycles. The number of benzene rings is 3. The molecule has 0 aliphatic rings. The summed E-state index contributed by atoms with van der Waals surface area (Å²) in [4.78, 5) is 24.9. The monoisotopic (exact) mass is 460 g/mol. The first-order valence-electron chi connectivity index (χ1n) is 10.3. The lowest BCUT2D eigenvalue weighted by molar-refractivity contribution is -0.660. The van der Waals surface area contributed by atoms with Gasteiger partial charge in [0.1, 0.15) is 11.5 Å². The average molecular weight is 460 g/mol. The highest BCUT2D eigenvalue weighted by molar-refractivity contribution is 5.63. The van der Waals surface area contributed by atoms with Crippen molar-refractivity contribution in [3.05, 3.63) is 93.6 Å². The van der Waals surface area contributed by atoms with Gasteiger partial charge in [0.05, 0.1) is 25.3 Å². The molecule has 0 atom stereocenters. The number of rotatable bonds is 6. The Morgan fingerprint density at radius 2 is 0.941 bits per heavy atom. The minimum Gasteiger partial charge on any atom is -0.497 e. The summed E-state index contributed by atoms with van der Waals surface area (Å²) in [6.07, 6.45) is 0. The first kappa shape index (κ1) is 21.0. The number of aromatic amines is 2. The average Bonchev–Trinajstić information content (AvgIpc) is 3.46. The summed E-state index contributed by atoms with van der Waals surface area (Å²) in [6, 6.07) is 21.3. The normalized spacial score (nSPS) is 10.9. The van der Waals surface area contributed by atoms with E-state index in [0.717, 1.165) is 0 Å². The number of hydrogen-bond donors (Lipinski definition) is 2. The number of ether oxygens (including phenoxy) is 2. The van der Waals surface area contributed by atoms with Gasteiger partial charge in [0.25, 0.3) is 0 Å². The van der Waals surface area contributed by atoms with E-state index in [-0.39, 0.29) is 0 Å². The molecule has 2 N–H and O–H groups in total. The van der Waals surface area contributed by atoms with Crippen molar-refractivity contribution in [1.29, 1.82) is 0 Å². The molecule has 5 rings (SSSR count).